The second kappa shape index (κ2) is 9.97. The maximum atomic E-state index is 12.2. The van der Waals surface area contributed by atoms with Crippen molar-refractivity contribution in [3.8, 4) is 16.9 Å². The molecule has 0 saturated carbocycles. The van der Waals surface area contributed by atoms with Gasteiger partial charge in [-0.05, 0) is 61.1 Å². The fourth-order valence-corrected chi connectivity index (χ4v) is 2.58. The zero-order valence-corrected chi connectivity index (χ0v) is 15.8. The zero-order valence-electron chi connectivity index (χ0n) is 15.8. The van der Waals surface area contributed by atoms with Crippen LogP contribution < -0.4 is 4.74 Å². The molecule has 0 aliphatic carbocycles. The lowest BCUT2D eigenvalue weighted by Gasteiger charge is -2.11. The van der Waals surface area contributed by atoms with E-state index in [1.807, 2.05) is 19.9 Å². The first-order valence-electron chi connectivity index (χ1n) is 9.03. The average molecular weight is 392 g/mol. The minimum Gasteiger partial charge on any atom is -0.462 e. The number of allylic oxidation sites excluding steroid dienone is 2. The topological polar surface area (TPSA) is 35.5 Å². The Labute approximate surface area is 162 Å². The summed E-state index contributed by atoms with van der Waals surface area (Å²) in [6.45, 7) is 4.36. The third-order valence-electron chi connectivity index (χ3n) is 4.10. The van der Waals surface area contributed by atoms with Crippen LogP contribution >= 0.6 is 0 Å². The number of hydrogen-bond acceptors (Lipinski definition) is 3. The first kappa shape index (κ1) is 21.5. The Bertz CT molecular complexity index is 778. The summed E-state index contributed by atoms with van der Waals surface area (Å²) in [5.74, 6) is -0.393. The highest BCUT2D eigenvalue weighted by molar-refractivity contribution is 5.90. The number of ether oxygens (including phenoxy) is 2. The Kier molecular flexibility index (Phi) is 7.67. The number of benzene rings is 2. The predicted molar refractivity (Wildman–Crippen MR) is 102 cm³/mol. The van der Waals surface area contributed by atoms with E-state index in [0.717, 1.165) is 18.4 Å². The molecule has 0 heterocycles. The van der Waals surface area contributed by atoms with Crippen molar-refractivity contribution in [3.63, 3.8) is 0 Å². The third kappa shape index (κ3) is 7.10. The van der Waals surface area contributed by atoms with E-state index < -0.39 is 12.3 Å². The summed E-state index contributed by atoms with van der Waals surface area (Å²) < 4.78 is 45.8. The van der Waals surface area contributed by atoms with Crippen molar-refractivity contribution in [1.82, 2.24) is 0 Å². The van der Waals surface area contributed by atoms with E-state index in [4.69, 9.17) is 4.74 Å². The first-order valence-corrected chi connectivity index (χ1v) is 9.03. The Hall–Kier alpha value is -2.76. The fraction of sp³-hybridized carbons (Fsp3) is 0.318. The molecule has 0 saturated heterocycles. The summed E-state index contributed by atoms with van der Waals surface area (Å²) in [6.07, 6.45) is 1.27. The number of halogens is 3. The summed E-state index contributed by atoms with van der Waals surface area (Å²) in [6, 6.07) is 12.3. The molecule has 0 aromatic heterocycles. The molecule has 0 spiro atoms. The van der Waals surface area contributed by atoms with Crippen molar-refractivity contribution in [2.24, 2.45) is 5.92 Å². The van der Waals surface area contributed by atoms with E-state index >= 15 is 0 Å². The number of carbonyl (C=O) groups excluding carboxylic acids is 1. The van der Waals surface area contributed by atoms with E-state index in [0.29, 0.717) is 17.7 Å². The maximum absolute atomic E-state index is 12.2. The lowest BCUT2D eigenvalue weighted by molar-refractivity contribution is -0.274. The summed E-state index contributed by atoms with van der Waals surface area (Å²) in [4.78, 5) is 12.1. The van der Waals surface area contributed by atoms with Crippen molar-refractivity contribution < 1.29 is 27.4 Å². The highest BCUT2D eigenvalue weighted by atomic mass is 19.4. The van der Waals surface area contributed by atoms with E-state index in [1.165, 1.54) is 24.3 Å². The quantitative estimate of drug-likeness (QED) is 0.385. The minimum atomic E-state index is -4.71. The first-order chi connectivity index (χ1) is 13.3. The second-order valence-corrected chi connectivity index (χ2v) is 6.50. The van der Waals surface area contributed by atoms with Crippen LogP contribution in [-0.4, -0.2) is 18.9 Å². The van der Waals surface area contributed by atoms with Crippen LogP contribution in [0.2, 0.25) is 0 Å². The molecule has 28 heavy (non-hydrogen) atoms. The van der Waals surface area contributed by atoms with Crippen LogP contribution in [0.4, 0.5) is 13.2 Å². The van der Waals surface area contributed by atoms with E-state index in [9.17, 15) is 18.0 Å². The smallest absolute Gasteiger partial charge is 0.462 e. The molecular formula is C22H23F3O3. The molecule has 2 aromatic carbocycles. The molecule has 3 nitrogen and oxygen atoms in total. The van der Waals surface area contributed by atoms with Crippen molar-refractivity contribution >= 4 is 5.97 Å². The molecule has 150 valence electrons. The standard InChI is InChI=1S/C22H23F3O3/c1-3-4-5-6-16(2)15-27-21(26)19-9-7-17(8-10-19)18-11-13-20(14-12-18)28-22(23,24)25/h3-4,7-14,16H,5-6,15H2,1-2H3. The monoisotopic (exact) mass is 392 g/mol. The molecule has 6 heteroatoms. The van der Waals surface area contributed by atoms with Crippen LogP contribution in [0.15, 0.2) is 60.7 Å². The van der Waals surface area contributed by atoms with Gasteiger partial charge in [0.05, 0.1) is 12.2 Å². The maximum Gasteiger partial charge on any atom is 0.573 e. The lowest BCUT2D eigenvalue weighted by atomic mass is 10.0. The van der Waals surface area contributed by atoms with Crippen LogP contribution in [0, 0.1) is 5.92 Å². The number of hydrogen-bond donors (Lipinski definition) is 0. The molecule has 0 radical (unpaired) electrons. The molecule has 0 fully saturated rings. The molecule has 0 aliphatic rings. The lowest BCUT2D eigenvalue weighted by Crippen LogP contribution is -2.16. The van der Waals surface area contributed by atoms with Crippen LogP contribution in [0.1, 0.15) is 37.0 Å². The van der Waals surface area contributed by atoms with Gasteiger partial charge in [-0.1, -0.05) is 43.3 Å². The minimum absolute atomic E-state index is 0.275. The Balaban J connectivity index is 1.92. The highest BCUT2D eigenvalue weighted by Crippen LogP contribution is 2.26. The van der Waals surface area contributed by atoms with Crippen molar-refractivity contribution in [3.05, 3.63) is 66.2 Å². The number of alkyl halides is 3. The molecule has 2 rings (SSSR count). The Morgan fingerprint density at radius 2 is 1.61 bits per heavy atom. The van der Waals surface area contributed by atoms with Gasteiger partial charge in [-0.15, -0.1) is 13.2 Å². The van der Waals surface area contributed by atoms with Gasteiger partial charge in [-0.25, -0.2) is 4.79 Å². The van der Waals surface area contributed by atoms with E-state index in [1.54, 1.807) is 24.3 Å². The summed E-state index contributed by atoms with van der Waals surface area (Å²) in [5, 5.41) is 0. The van der Waals surface area contributed by atoms with Gasteiger partial charge >= 0.3 is 12.3 Å². The number of carbonyl (C=O) groups is 1. The van der Waals surface area contributed by atoms with Crippen LogP contribution in [0.25, 0.3) is 11.1 Å². The Morgan fingerprint density at radius 1 is 1.04 bits per heavy atom. The molecule has 0 amide bonds. The fourth-order valence-electron chi connectivity index (χ4n) is 2.58. The number of esters is 1. The average Bonchev–Trinajstić information content (AvgIpc) is 2.66. The molecule has 0 aliphatic heterocycles. The van der Waals surface area contributed by atoms with Gasteiger partial charge in [0.1, 0.15) is 5.75 Å². The summed E-state index contributed by atoms with van der Waals surface area (Å²) in [5.41, 5.74) is 1.92. The van der Waals surface area contributed by atoms with Gasteiger partial charge in [-0.2, -0.15) is 0 Å². The van der Waals surface area contributed by atoms with E-state index in [-0.39, 0.29) is 11.7 Å². The SMILES string of the molecule is CC=CCCC(C)COC(=O)c1ccc(-c2ccc(OC(F)(F)F)cc2)cc1. The van der Waals surface area contributed by atoms with Gasteiger partial charge < -0.3 is 9.47 Å². The largest absolute Gasteiger partial charge is 0.573 e. The zero-order chi connectivity index (χ0) is 20.6. The molecule has 0 N–H and O–H groups in total. The van der Waals surface area contributed by atoms with Crippen LogP contribution in [0.3, 0.4) is 0 Å². The van der Waals surface area contributed by atoms with Crippen LogP contribution in [0.5, 0.6) is 5.75 Å². The Morgan fingerprint density at radius 3 is 2.14 bits per heavy atom. The summed E-state index contributed by atoms with van der Waals surface area (Å²) >= 11 is 0. The van der Waals surface area contributed by atoms with Crippen molar-refractivity contribution in [1.29, 1.82) is 0 Å². The molecule has 1 atom stereocenters. The van der Waals surface area contributed by atoms with Gasteiger partial charge in [0.2, 0.25) is 0 Å². The number of rotatable bonds is 8. The molecular weight excluding hydrogens is 369 g/mol. The molecule has 0 bridgehead atoms. The molecule has 2 aromatic rings. The van der Waals surface area contributed by atoms with Gasteiger partial charge in [-0.3, -0.25) is 0 Å². The van der Waals surface area contributed by atoms with Crippen LogP contribution in [-0.2, 0) is 4.74 Å². The highest BCUT2D eigenvalue weighted by Gasteiger charge is 2.30. The van der Waals surface area contributed by atoms with Crippen molar-refractivity contribution in [2.45, 2.75) is 33.1 Å². The second-order valence-electron chi connectivity index (χ2n) is 6.50. The van der Waals surface area contributed by atoms with E-state index in [2.05, 4.69) is 10.8 Å². The van der Waals surface area contributed by atoms with Gasteiger partial charge in [0.25, 0.3) is 0 Å². The molecule has 1 unspecified atom stereocenters. The third-order valence-corrected chi connectivity index (χ3v) is 4.10. The summed E-state index contributed by atoms with van der Waals surface area (Å²) in [7, 11) is 0. The van der Waals surface area contributed by atoms with Gasteiger partial charge in [0.15, 0.2) is 0 Å². The van der Waals surface area contributed by atoms with Gasteiger partial charge in [0, 0.05) is 0 Å². The van der Waals surface area contributed by atoms with Crippen molar-refractivity contribution in [2.75, 3.05) is 6.61 Å². The predicted octanol–water partition coefficient (Wildman–Crippen LogP) is 6.40. The normalized spacial score (nSPS) is 12.8.